The van der Waals surface area contributed by atoms with Crippen LogP contribution in [-0.2, 0) is 7.05 Å². The van der Waals surface area contributed by atoms with Crippen molar-refractivity contribution in [2.24, 2.45) is 7.05 Å². The molecular formula is C25H22N6O3. The first-order valence-electron chi connectivity index (χ1n) is 10.9. The van der Waals surface area contributed by atoms with Gasteiger partial charge in [0.05, 0.1) is 34.4 Å². The molecule has 0 radical (unpaired) electrons. The number of pyridine rings is 1. The fraction of sp³-hybridized carbons (Fsp3) is 0.200. The van der Waals surface area contributed by atoms with Crippen LogP contribution in [0.2, 0.25) is 0 Å². The zero-order chi connectivity index (χ0) is 23.6. The second-order valence-corrected chi connectivity index (χ2v) is 8.59. The van der Waals surface area contributed by atoms with E-state index in [-0.39, 0.29) is 11.9 Å². The van der Waals surface area contributed by atoms with Crippen molar-refractivity contribution in [2.75, 3.05) is 19.4 Å². The summed E-state index contributed by atoms with van der Waals surface area (Å²) in [5.74, 6) is 1.74. The number of nitrogens with two attached hydrogens (primary N) is 1. The van der Waals surface area contributed by atoms with Crippen molar-refractivity contribution in [1.82, 2.24) is 24.8 Å². The highest BCUT2D eigenvalue weighted by Gasteiger charge is 2.31. The molecule has 9 heteroatoms. The van der Waals surface area contributed by atoms with Crippen molar-refractivity contribution in [3.8, 4) is 17.1 Å². The van der Waals surface area contributed by atoms with Crippen LogP contribution in [0, 0.1) is 6.92 Å². The minimum Gasteiger partial charge on any atom is -0.491 e. The maximum atomic E-state index is 13.5. The predicted molar refractivity (Wildman–Crippen MR) is 127 cm³/mol. The minimum atomic E-state index is -0.204. The number of rotatable bonds is 3. The lowest BCUT2D eigenvalue weighted by Gasteiger charge is -2.24. The topological polar surface area (TPSA) is 112 Å². The van der Waals surface area contributed by atoms with E-state index in [0.717, 1.165) is 44.4 Å². The van der Waals surface area contributed by atoms with Crippen LogP contribution in [0.1, 0.15) is 27.7 Å². The Labute approximate surface area is 194 Å². The van der Waals surface area contributed by atoms with Crippen LogP contribution in [0.15, 0.2) is 53.2 Å². The Morgan fingerprint density at radius 1 is 1.18 bits per heavy atom. The van der Waals surface area contributed by atoms with Gasteiger partial charge >= 0.3 is 0 Å². The normalized spacial score (nSPS) is 15.0. The van der Waals surface area contributed by atoms with E-state index >= 15 is 0 Å². The molecule has 170 valence electrons. The fourth-order valence-corrected chi connectivity index (χ4v) is 4.60. The van der Waals surface area contributed by atoms with Crippen molar-refractivity contribution < 1.29 is 14.1 Å². The molecule has 0 bridgehead atoms. The molecule has 1 aliphatic heterocycles. The Hall–Kier alpha value is -4.40. The van der Waals surface area contributed by atoms with Crippen LogP contribution in [0.25, 0.3) is 33.1 Å². The van der Waals surface area contributed by atoms with Crippen LogP contribution in [0.3, 0.4) is 0 Å². The number of fused-ring (bicyclic) bond motifs is 4. The Kier molecular flexibility index (Phi) is 4.35. The molecule has 1 aliphatic rings. The van der Waals surface area contributed by atoms with E-state index < -0.39 is 0 Å². The number of likely N-dealkylation sites (N-methyl/N-ethyl adjacent to an activating group) is 1. The number of aryl methyl sites for hydroxylation is 2. The fourth-order valence-electron chi connectivity index (χ4n) is 4.60. The summed E-state index contributed by atoms with van der Waals surface area (Å²) < 4.78 is 13.1. The van der Waals surface area contributed by atoms with E-state index in [0.29, 0.717) is 23.7 Å². The van der Waals surface area contributed by atoms with E-state index in [4.69, 9.17) is 15.0 Å². The van der Waals surface area contributed by atoms with E-state index in [2.05, 4.69) is 15.2 Å². The molecule has 4 heterocycles. The van der Waals surface area contributed by atoms with Gasteiger partial charge in [-0.3, -0.25) is 9.48 Å². The van der Waals surface area contributed by atoms with Gasteiger partial charge in [0, 0.05) is 42.2 Å². The monoisotopic (exact) mass is 454 g/mol. The van der Waals surface area contributed by atoms with E-state index in [9.17, 15) is 4.79 Å². The molecule has 3 aromatic heterocycles. The van der Waals surface area contributed by atoms with Crippen molar-refractivity contribution in [3.63, 3.8) is 0 Å². The number of hydrogen-bond acceptors (Lipinski definition) is 7. The molecule has 1 amide bonds. The van der Waals surface area contributed by atoms with Gasteiger partial charge in [-0.2, -0.15) is 5.10 Å². The lowest BCUT2D eigenvalue weighted by molar-refractivity contribution is 0.0708. The highest BCUT2D eigenvalue weighted by Crippen LogP contribution is 2.39. The molecule has 0 saturated heterocycles. The largest absolute Gasteiger partial charge is 0.491 e. The van der Waals surface area contributed by atoms with E-state index in [1.807, 2.05) is 50.4 Å². The molecule has 6 rings (SSSR count). The quantitative estimate of drug-likeness (QED) is 0.440. The highest BCUT2D eigenvalue weighted by molar-refractivity contribution is 6.10. The van der Waals surface area contributed by atoms with Gasteiger partial charge in [-0.05, 0) is 31.2 Å². The summed E-state index contributed by atoms with van der Waals surface area (Å²) >= 11 is 0. The van der Waals surface area contributed by atoms with Gasteiger partial charge in [-0.25, -0.2) is 4.98 Å². The Morgan fingerprint density at radius 3 is 2.82 bits per heavy atom. The minimum absolute atomic E-state index is 0.106. The molecule has 2 N–H and O–H groups in total. The molecule has 0 spiro atoms. The Balaban J connectivity index is 1.34. The third kappa shape index (κ3) is 3.01. The average Bonchev–Trinajstić information content (AvgIpc) is 3.56. The number of anilines is 1. The smallest absolute Gasteiger partial charge is 0.254 e. The summed E-state index contributed by atoms with van der Waals surface area (Å²) in [6.45, 7) is 2.26. The van der Waals surface area contributed by atoms with E-state index in [1.54, 1.807) is 28.9 Å². The number of aromatic nitrogens is 4. The lowest BCUT2D eigenvalue weighted by Crippen LogP contribution is -2.32. The Morgan fingerprint density at radius 2 is 2.03 bits per heavy atom. The lowest BCUT2D eigenvalue weighted by atomic mass is 10.0. The summed E-state index contributed by atoms with van der Waals surface area (Å²) in [6.07, 6.45) is 1.69. The summed E-state index contributed by atoms with van der Waals surface area (Å²) in [7, 11) is 3.65. The van der Waals surface area contributed by atoms with Gasteiger partial charge < -0.3 is 19.9 Å². The second-order valence-electron chi connectivity index (χ2n) is 8.59. The average molecular weight is 454 g/mol. The first-order valence-corrected chi connectivity index (χ1v) is 10.9. The van der Waals surface area contributed by atoms with Crippen molar-refractivity contribution in [2.45, 2.75) is 13.0 Å². The number of nitrogens with zero attached hydrogens (tertiary/aromatic N) is 5. The molecule has 9 nitrogen and oxygen atoms in total. The molecule has 0 aliphatic carbocycles. The number of carbonyl (C=O) groups is 1. The number of amides is 1. The van der Waals surface area contributed by atoms with Crippen LogP contribution in [0.5, 0.6) is 5.75 Å². The van der Waals surface area contributed by atoms with Crippen LogP contribution in [0.4, 0.5) is 5.82 Å². The zero-order valence-corrected chi connectivity index (χ0v) is 18.9. The standard InChI is InChI=1S/C25H22N6O3/c1-13-8-21(34-29-13)14-4-6-16-20(12-33-22(16)10-14)30(2)25(32)15-5-7-19-17(9-15)23-18(24(26)28-19)11-27-31(23)3/h4-11,20H,12H2,1-3H3,(H2,26,28)/t20-/m1/s1. The van der Waals surface area contributed by atoms with Gasteiger partial charge in [0.1, 0.15) is 18.2 Å². The van der Waals surface area contributed by atoms with Crippen LogP contribution in [-0.4, -0.2) is 44.4 Å². The molecule has 0 fully saturated rings. The summed E-state index contributed by atoms with van der Waals surface area (Å²) in [5.41, 5.74) is 10.9. The molecular weight excluding hydrogens is 432 g/mol. The Bertz CT molecular complexity index is 1600. The molecule has 5 aromatic rings. The summed E-state index contributed by atoms with van der Waals surface area (Å²) in [5, 5.41) is 9.86. The maximum Gasteiger partial charge on any atom is 0.254 e. The molecule has 0 saturated carbocycles. The van der Waals surface area contributed by atoms with Gasteiger partial charge in [0.25, 0.3) is 5.91 Å². The van der Waals surface area contributed by atoms with Crippen molar-refractivity contribution >= 4 is 33.5 Å². The molecule has 2 aromatic carbocycles. The van der Waals surface area contributed by atoms with Crippen LogP contribution >= 0.6 is 0 Å². The maximum absolute atomic E-state index is 13.5. The van der Waals surface area contributed by atoms with E-state index in [1.165, 1.54) is 0 Å². The second kappa shape index (κ2) is 7.31. The zero-order valence-electron chi connectivity index (χ0n) is 18.9. The predicted octanol–water partition coefficient (Wildman–Crippen LogP) is 3.87. The third-order valence-electron chi connectivity index (χ3n) is 6.42. The van der Waals surface area contributed by atoms with Gasteiger partial charge in [-0.1, -0.05) is 17.3 Å². The third-order valence-corrected chi connectivity index (χ3v) is 6.42. The molecule has 1 atom stereocenters. The number of nitrogen functional groups attached to an aromatic ring is 1. The number of ether oxygens (including phenoxy) is 1. The first-order chi connectivity index (χ1) is 16.4. The summed E-state index contributed by atoms with van der Waals surface area (Å²) in [4.78, 5) is 19.7. The van der Waals surface area contributed by atoms with Gasteiger partial charge in [0.15, 0.2) is 5.76 Å². The van der Waals surface area contributed by atoms with Crippen molar-refractivity contribution in [3.05, 3.63) is 65.5 Å². The number of carbonyl (C=O) groups excluding carboxylic acids is 1. The SMILES string of the molecule is Cc1cc(-c2ccc3c(c2)OC[C@H]3N(C)C(=O)c2ccc3nc(N)c4cnn(C)c4c3c2)on1. The first kappa shape index (κ1) is 20.2. The molecule has 0 unspecified atom stereocenters. The number of hydrogen-bond donors (Lipinski definition) is 1. The van der Waals surface area contributed by atoms with Crippen molar-refractivity contribution in [1.29, 1.82) is 0 Å². The van der Waals surface area contributed by atoms with Gasteiger partial charge in [0.2, 0.25) is 0 Å². The van der Waals surface area contributed by atoms with Crippen LogP contribution < -0.4 is 10.5 Å². The molecule has 34 heavy (non-hydrogen) atoms. The number of benzene rings is 2. The summed E-state index contributed by atoms with van der Waals surface area (Å²) in [6, 6.07) is 13.0. The van der Waals surface area contributed by atoms with Gasteiger partial charge in [-0.15, -0.1) is 0 Å². The highest BCUT2D eigenvalue weighted by atomic mass is 16.5.